The number of likely N-dealkylation sites (tertiary alicyclic amines) is 1. The molecule has 2 nitrogen and oxygen atoms in total. The van der Waals surface area contributed by atoms with Crippen molar-refractivity contribution < 1.29 is 0 Å². The maximum atomic E-state index is 5.85. The first-order chi connectivity index (χ1) is 6.99. The summed E-state index contributed by atoms with van der Waals surface area (Å²) >= 11 is 0. The Labute approximate surface area is 95.2 Å². The third kappa shape index (κ3) is 3.46. The van der Waals surface area contributed by atoms with Crippen molar-refractivity contribution in [3.05, 3.63) is 0 Å². The second-order valence-corrected chi connectivity index (χ2v) is 6.02. The first kappa shape index (κ1) is 13.0. The van der Waals surface area contributed by atoms with Gasteiger partial charge in [-0.15, -0.1) is 0 Å². The third-order valence-corrected chi connectivity index (χ3v) is 3.85. The molecule has 0 aliphatic carbocycles. The summed E-state index contributed by atoms with van der Waals surface area (Å²) in [5.74, 6) is 0.850. The molecule has 2 N–H and O–H groups in total. The van der Waals surface area contributed by atoms with Gasteiger partial charge in [-0.05, 0) is 30.7 Å². The van der Waals surface area contributed by atoms with Crippen molar-refractivity contribution in [2.24, 2.45) is 17.1 Å². The SMILES string of the molecule is CCCC(CN)N1CCC(C(C)(C)C)C1. The Morgan fingerprint density at radius 3 is 2.47 bits per heavy atom. The standard InChI is InChI=1S/C13H28N2/c1-5-6-12(9-14)15-8-7-11(10-15)13(2,3)4/h11-12H,5-10,14H2,1-4H3. The fourth-order valence-corrected chi connectivity index (χ4v) is 2.61. The molecule has 2 heteroatoms. The molecule has 0 aromatic carbocycles. The summed E-state index contributed by atoms with van der Waals surface area (Å²) in [5.41, 5.74) is 6.31. The average Bonchev–Trinajstić information content (AvgIpc) is 2.62. The molecule has 2 atom stereocenters. The van der Waals surface area contributed by atoms with Crippen molar-refractivity contribution in [3.8, 4) is 0 Å². The molecule has 1 aliphatic rings. The predicted octanol–water partition coefficient (Wildman–Crippen LogP) is 2.48. The van der Waals surface area contributed by atoms with Gasteiger partial charge in [-0.2, -0.15) is 0 Å². The lowest BCUT2D eigenvalue weighted by atomic mass is 9.80. The van der Waals surface area contributed by atoms with Crippen LogP contribution in [-0.4, -0.2) is 30.6 Å². The van der Waals surface area contributed by atoms with E-state index in [1.54, 1.807) is 0 Å². The summed E-state index contributed by atoms with van der Waals surface area (Å²) in [7, 11) is 0. The fraction of sp³-hybridized carbons (Fsp3) is 1.00. The zero-order chi connectivity index (χ0) is 11.5. The monoisotopic (exact) mass is 212 g/mol. The Hall–Kier alpha value is -0.0800. The van der Waals surface area contributed by atoms with Crippen LogP contribution in [0.3, 0.4) is 0 Å². The first-order valence-electron chi connectivity index (χ1n) is 6.43. The van der Waals surface area contributed by atoms with Crippen LogP contribution in [0.15, 0.2) is 0 Å². The van der Waals surface area contributed by atoms with E-state index in [-0.39, 0.29) is 0 Å². The van der Waals surface area contributed by atoms with Crippen LogP contribution in [0, 0.1) is 11.3 Å². The lowest BCUT2D eigenvalue weighted by Crippen LogP contribution is -2.39. The molecule has 0 bridgehead atoms. The zero-order valence-electron chi connectivity index (χ0n) is 10.9. The number of nitrogens with two attached hydrogens (primary N) is 1. The van der Waals surface area contributed by atoms with Gasteiger partial charge >= 0.3 is 0 Å². The predicted molar refractivity (Wildman–Crippen MR) is 66.9 cm³/mol. The molecule has 2 unspecified atom stereocenters. The van der Waals surface area contributed by atoms with E-state index >= 15 is 0 Å². The first-order valence-corrected chi connectivity index (χ1v) is 6.43. The van der Waals surface area contributed by atoms with Gasteiger partial charge in [-0.25, -0.2) is 0 Å². The van der Waals surface area contributed by atoms with Crippen molar-refractivity contribution in [1.82, 2.24) is 4.90 Å². The van der Waals surface area contributed by atoms with Gasteiger partial charge in [0, 0.05) is 19.1 Å². The van der Waals surface area contributed by atoms with E-state index in [0.29, 0.717) is 11.5 Å². The lowest BCUT2D eigenvalue weighted by molar-refractivity contribution is 0.190. The van der Waals surface area contributed by atoms with E-state index in [1.165, 1.54) is 32.4 Å². The maximum Gasteiger partial charge on any atom is 0.0218 e. The smallest absolute Gasteiger partial charge is 0.0218 e. The quantitative estimate of drug-likeness (QED) is 0.776. The third-order valence-electron chi connectivity index (χ3n) is 3.85. The van der Waals surface area contributed by atoms with Gasteiger partial charge in [0.05, 0.1) is 0 Å². The van der Waals surface area contributed by atoms with Gasteiger partial charge in [0.25, 0.3) is 0 Å². The van der Waals surface area contributed by atoms with E-state index in [9.17, 15) is 0 Å². The highest BCUT2D eigenvalue weighted by molar-refractivity contribution is 4.87. The minimum Gasteiger partial charge on any atom is -0.329 e. The second-order valence-electron chi connectivity index (χ2n) is 6.02. The normalized spacial score (nSPS) is 25.8. The van der Waals surface area contributed by atoms with Gasteiger partial charge in [0.2, 0.25) is 0 Å². The molecule has 0 aromatic heterocycles. The molecule has 1 fully saturated rings. The maximum absolute atomic E-state index is 5.85. The zero-order valence-corrected chi connectivity index (χ0v) is 10.9. The summed E-state index contributed by atoms with van der Waals surface area (Å²) in [6.07, 6.45) is 3.86. The second kappa shape index (κ2) is 5.31. The Morgan fingerprint density at radius 1 is 1.40 bits per heavy atom. The van der Waals surface area contributed by atoms with Crippen LogP contribution in [0.4, 0.5) is 0 Å². The number of nitrogens with zero attached hydrogens (tertiary/aromatic N) is 1. The molecular weight excluding hydrogens is 184 g/mol. The summed E-state index contributed by atoms with van der Waals surface area (Å²) in [4.78, 5) is 2.61. The Bertz CT molecular complexity index is 183. The topological polar surface area (TPSA) is 29.3 Å². The van der Waals surface area contributed by atoms with Crippen LogP contribution >= 0.6 is 0 Å². The van der Waals surface area contributed by atoms with Gasteiger partial charge in [0.15, 0.2) is 0 Å². The average molecular weight is 212 g/mol. The molecule has 0 amide bonds. The van der Waals surface area contributed by atoms with Gasteiger partial charge in [-0.1, -0.05) is 34.1 Å². The Kier molecular flexibility index (Phi) is 4.60. The van der Waals surface area contributed by atoms with E-state index in [4.69, 9.17) is 5.73 Å². The molecule has 1 aliphatic heterocycles. The van der Waals surface area contributed by atoms with Gasteiger partial charge in [-0.3, -0.25) is 4.90 Å². The minimum atomic E-state index is 0.458. The van der Waals surface area contributed by atoms with E-state index in [1.807, 2.05) is 0 Å². The van der Waals surface area contributed by atoms with Crippen LogP contribution in [0.2, 0.25) is 0 Å². The highest BCUT2D eigenvalue weighted by atomic mass is 15.2. The molecule has 1 heterocycles. The summed E-state index contributed by atoms with van der Waals surface area (Å²) in [5, 5.41) is 0. The van der Waals surface area contributed by atoms with Crippen LogP contribution in [0.25, 0.3) is 0 Å². The van der Waals surface area contributed by atoms with Crippen LogP contribution < -0.4 is 5.73 Å². The molecule has 1 rings (SSSR count). The number of hydrogen-bond acceptors (Lipinski definition) is 2. The van der Waals surface area contributed by atoms with E-state index < -0.39 is 0 Å². The van der Waals surface area contributed by atoms with Crippen molar-refractivity contribution in [2.45, 2.75) is 53.0 Å². The van der Waals surface area contributed by atoms with E-state index in [2.05, 4.69) is 32.6 Å². The lowest BCUT2D eigenvalue weighted by Gasteiger charge is -2.30. The van der Waals surface area contributed by atoms with Crippen molar-refractivity contribution in [2.75, 3.05) is 19.6 Å². The summed E-state index contributed by atoms with van der Waals surface area (Å²) < 4.78 is 0. The van der Waals surface area contributed by atoms with Crippen molar-refractivity contribution in [3.63, 3.8) is 0 Å². The summed E-state index contributed by atoms with van der Waals surface area (Å²) in [6, 6.07) is 0.627. The van der Waals surface area contributed by atoms with Gasteiger partial charge < -0.3 is 5.73 Å². The number of rotatable bonds is 4. The largest absolute Gasteiger partial charge is 0.329 e. The molecule has 0 aromatic rings. The minimum absolute atomic E-state index is 0.458. The fourth-order valence-electron chi connectivity index (χ4n) is 2.61. The molecule has 90 valence electrons. The Balaban J connectivity index is 2.47. The molecule has 1 saturated heterocycles. The Morgan fingerprint density at radius 2 is 2.07 bits per heavy atom. The molecule has 0 spiro atoms. The van der Waals surface area contributed by atoms with Crippen LogP contribution in [0.5, 0.6) is 0 Å². The van der Waals surface area contributed by atoms with Crippen LogP contribution in [-0.2, 0) is 0 Å². The van der Waals surface area contributed by atoms with Crippen LogP contribution in [0.1, 0.15) is 47.0 Å². The summed E-state index contributed by atoms with van der Waals surface area (Å²) in [6.45, 7) is 12.7. The molecule has 0 radical (unpaired) electrons. The van der Waals surface area contributed by atoms with Gasteiger partial charge in [0.1, 0.15) is 0 Å². The molecule has 15 heavy (non-hydrogen) atoms. The number of hydrogen-bond donors (Lipinski definition) is 1. The van der Waals surface area contributed by atoms with E-state index in [0.717, 1.165) is 12.5 Å². The van der Waals surface area contributed by atoms with Crippen molar-refractivity contribution in [1.29, 1.82) is 0 Å². The van der Waals surface area contributed by atoms with Crippen molar-refractivity contribution >= 4 is 0 Å². The molecule has 0 saturated carbocycles. The highest BCUT2D eigenvalue weighted by Crippen LogP contribution is 2.34. The highest BCUT2D eigenvalue weighted by Gasteiger charge is 2.33. The molecular formula is C13H28N2.